The lowest BCUT2D eigenvalue weighted by Crippen LogP contribution is -2.38. The van der Waals surface area contributed by atoms with Crippen LogP contribution in [0, 0.1) is 5.92 Å². The standard InChI is InChI=1S/C30H34N6O4/c1-20(2)14-18-36-30-22-8-4-3-7-21(22)19-35(24-10-6-5-9-23(24)29(30)32-33-36)28(40)13-16-31-25(37)15-17-34-26(38)11-12-27(34)39/h3-12,20,32-33H,13-19H2,1-2H3,(H,31,37). The molecule has 0 bridgehead atoms. The summed E-state index contributed by atoms with van der Waals surface area (Å²) in [5, 5.41) is 4.90. The van der Waals surface area contributed by atoms with Crippen molar-refractivity contribution < 1.29 is 19.2 Å². The summed E-state index contributed by atoms with van der Waals surface area (Å²) in [4.78, 5) is 52.1. The average Bonchev–Trinajstić information content (AvgIpc) is 3.50. The number of hydrazine groups is 2. The Bertz CT molecular complexity index is 1380. The van der Waals surface area contributed by atoms with Crippen molar-refractivity contribution in [3.05, 3.63) is 77.4 Å². The summed E-state index contributed by atoms with van der Waals surface area (Å²) < 4.78 is 0. The maximum absolute atomic E-state index is 13.6. The third-order valence-corrected chi connectivity index (χ3v) is 7.24. The molecule has 40 heavy (non-hydrogen) atoms. The molecule has 0 spiro atoms. The SMILES string of the molecule is CC(C)CCN1NNC2=C1c1ccccc1CN(C(=O)CCNC(=O)CCN1C(=O)C=CC1=O)c1ccccc12. The number of nitrogens with zero attached hydrogens (tertiary/aromatic N) is 3. The van der Waals surface area contributed by atoms with Crippen LogP contribution in [-0.4, -0.2) is 53.2 Å². The van der Waals surface area contributed by atoms with Crippen LogP contribution in [0.2, 0.25) is 0 Å². The number of nitrogens with one attached hydrogen (secondary N) is 3. The van der Waals surface area contributed by atoms with Gasteiger partial charge in [0.05, 0.1) is 23.6 Å². The molecule has 2 aromatic carbocycles. The molecule has 3 heterocycles. The van der Waals surface area contributed by atoms with Crippen LogP contribution >= 0.6 is 0 Å². The van der Waals surface area contributed by atoms with E-state index in [1.165, 1.54) is 12.2 Å². The van der Waals surface area contributed by atoms with Gasteiger partial charge in [0.15, 0.2) is 0 Å². The summed E-state index contributed by atoms with van der Waals surface area (Å²) in [5.41, 5.74) is 12.5. The van der Waals surface area contributed by atoms with Gasteiger partial charge in [-0.3, -0.25) is 29.1 Å². The molecule has 3 aliphatic rings. The Labute approximate surface area is 233 Å². The van der Waals surface area contributed by atoms with E-state index in [9.17, 15) is 19.2 Å². The summed E-state index contributed by atoms with van der Waals surface area (Å²) >= 11 is 0. The first-order chi connectivity index (χ1) is 19.3. The maximum Gasteiger partial charge on any atom is 0.253 e. The number of rotatable bonds is 9. The zero-order chi connectivity index (χ0) is 28.2. The summed E-state index contributed by atoms with van der Waals surface area (Å²) in [6, 6.07) is 16.0. The number of imide groups is 1. The van der Waals surface area contributed by atoms with E-state index in [0.29, 0.717) is 12.5 Å². The van der Waals surface area contributed by atoms with Gasteiger partial charge < -0.3 is 15.6 Å². The van der Waals surface area contributed by atoms with Gasteiger partial charge in [-0.2, -0.15) is 0 Å². The highest BCUT2D eigenvalue weighted by Gasteiger charge is 2.32. The molecule has 0 aliphatic carbocycles. The van der Waals surface area contributed by atoms with Crippen molar-refractivity contribution in [2.75, 3.05) is 24.5 Å². The molecule has 2 aromatic rings. The van der Waals surface area contributed by atoms with Gasteiger partial charge in [-0.15, -0.1) is 5.53 Å². The number of hydrogen-bond acceptors (Lipinski definition) is 7. The van der Waals surface area contributed by atoms with E-state index < -0.39 is 11.8 Å². The van der Waals surface area contributed by atoms with Gasteiger partial charge in [0.1, 0.15) is 0 Å². The fraction of sp³-hybridized carbons (Fsp3) is 0.333. The van der Waals surface area contributed by atoms with Crippen LogP contribution < -0.4 is 21.2 Å². The van der Waals surface area contributed by atoms with Gasteiger partial charge in [-0.1, -0.05) is 56.3 Å². The van der Waals surface area contributed by atoms with Crippen LogP contribution in [0.3, 0.4) is 0 Å². The number of carbonyl (C=O) groups is 4. The molecular weight excluding hydrogens is 508 g/mol. The van der Waals surface area contributed by atoms with Crippen molar-refractivity contribution in [1.29, 1.82) is 0 Å². The Balaban J connectivity index is 1.33. The minimum absolute atomic E-state index is 0.00734. The molecule has 0 saturated carbocycles. The Hall–Kier alpha value is -4.44. The quantitative estimate of drug-likeness (QED) is 0.418. The monoisotopic (exact) mass is 542 g/mol. The van der Waals surface area contributed by atoms with E-state index in [0.717, 1.165) is 51.6 Å². The predicted molar refractivity (Wildman–Crippen MR) is 151 cm³/mol. The van der Waals surface area contributed by atoms with Crippen molar-refractivity contribution in [2.45, 2.75) is 39.7 Å². The molecule has 10 heteroatoms. The van der Waals surface area contributed by atoms with Crippen molar-refractivity contribution in [3.63, 3.8) is 0 Å². The van der Waals surface area contributed by atoms with Crippen molar-refractivity contribution >= 4 is 40.7 Å². The zero-order valence-corrected chi connectivity index (χ0v) is 22.8. The fourth-order valence-corrected chi connectivity index (χ4v) is 5.09. The number of para-hydroxylation sites is 1. The van der Waals surface area contributed by atoms with Gasteiger partial charge in [-0.05, 0) is 24.0 Å². The van der Waals surface area contributed by atoms with Gasteiger partial charge in [0.2, 0.25) is 11.8 Å². The Kier molecular flexibility index (Phi) is 7.97. The molecule has 3 aliphatic heterocycles. The highest BCUT2D eigenvalue weighted by atomic mass is 16.2. The second kappa shape index (κ2) is 11.7. The fourth-order valence-electron chi connectivity index (χ4n) is 5.09. The lowest BCUT2D eigenvalue weighted by molar-refractivity contribution is -0.137. The van der Waals surface area contributed by atoms with Crippen LogP contribution in [0.1, 0.15) is 49.8 Å². The second-order valence-electron chi connectivity index (χ2n) is 10.5. The Morgan fingerprint density at radius 3 is 2.38 bits per heavy atom. The van der Waals surface area contributed by atoms with Crippen LogP contribution in [-0.2, 0) is 25.7 Å². The molecular formula is C30H34N6O4. The largest absolute Gasteiger partial charge is 0.356 e. The maximum atomic E-state index is 13.6. The Morgan fingerprint density at radius 2 is 1.62 bits per heavy atom. The topological polar surface area (TPSA) is 114 Å². The minimum atomic E-state index is -0.419. The van der Waals surface area contributed by atoms with Crippen LogP contribution in [0.5, 0.6) is 0 Å². The third kappa shape index (κ3) is 5.62. The first-order valence-electron chi connectivity index (χ1n) is 13.6. The van der Waals surface area contributed by atoms with Crippen molar-refractivity contribution in [2.24, 2.45) is 5.92 Å². The number of benzene rings is 2. The van der Waals surface area contributed by atoms with E-state index in [4.69, 9.17) is 0 Å². The number of carbonyl (C=O) groups excluding carboxylic acids is 4. The molecule has 0 fully saturated rings. The summed E-state index contributed by atoms with van der Waals surface area (Å²) in [7, 11) is 0. The van der Waals surface area contributed by atoms with Crippen LogP contribution in [0.15, 0.2) is 60.7 Å². The molecule has 0 saturated heterocycles. The van der Waals surface area contributed by atoms with Gasteiger partial charge >= 0.3 is 0 Å². The first-order valence-corrected chi connectivity index (χ1v) is 13.6. The smallest absolute Gasteiger partial charge is 0.253 e. The average molecular weight is 543 g/mol. The normalized spacial score (nSPS) is 16.0. The molecule has 3 N–H and O–H groups in total. The van der Waals surface area contributed by atoms with Crippen molar-refractivity contribution in [1.82, 2.24) is 26.2 Å². The second-order valence-corrected chi connectivity index (χ2v) is 10.5. The third-order valence-electron chi connectivity index (χ3n) is 7.24. The lowest BCUT2D eigenvalue weighted by atomic mass is 9.95. The van der Waals surface area contributed by atoms with Crippen molar-refractivity contribution in [3.8, 4) is 0 Å². The summed E-state index contributed by atoms with van der Waals surface area (Å²) in [6.07, 6.45) is 3.49. The first kappa shape index (κ1) is 27.1. The molecule has 4 amide bonds. The molecule has 0 aromatic heterocycles. The molecule has 10 nitrogen and oxygen atoms in total. The van der Waals surface area contributed by atoms with E-state index >= 15 is 0 Å². The minimum Gasteiger partial charge on any atom is -0.356 e. The number of amides is 4. The molecule has 0 atom stereocenters. The van der Waals surface area contributed by atoms with Crippen LogP contribution in [0.4, 0.5) is 5.69 Å². The Morgan fingerprint density at radius 1 is 0.925 bits per heavy atom. The van der Waals surface area contributed by atoms with E-state index in [1.807, 2.05) is 42.5 Å². The van der Waals surface area contributed by atoms with Crippen LogP contribution in [0.25, 0.3) is 11.4 Å². The van der Waals surface area contributed by atoms with E-state index in [-0.39, 0.29) is 37.7 Å². The summed E-state index contributed by atoms with van der Waals surface area (Å²) in [6.45, 7) is 5.79. The van der Waals surface area contributed by atoms with E-state index in [2.05, 4.69) is 41.2 Å². The summed E-state index contributed by atoms with van der Waals surface area (Å²) in [5.74, 6) is -0.729. The number of anilines is 1. The van der Waals surface area contributed by atoms with Gasteiger partial charge in [0.25, 0.3) is 11.8 Å². The molecule has 0 unspecified atom stereocenters. The predicted octanol–water partition coefficient (Wildman–Crippen LogP) is 2.55. The van der Waals surface area contributed by atoms with Gasteiger partial charge in [0, 0.05) is 55.8 Å². The molecule has 5 rings (SSSR count). The number of hydrogen-bond donors (Lipinski definition) is 3. The van der Waals surface area contributed by atoms with Gasteiger partial charge in [-0.25, -0.2) is 0 Å². The lowest BCUT2D eigenvalue weighted by Gasteiger charge is -2.30. The number of fused-ring (bicyclic) bond motifs is 4. The highest BCUT2D eigenvalue weighted by Crippen LogP contribution is 2.39. The highest BCUT2D eigenvalue weighted by molar-refractivity contribution is 6.13. The zero-order valence-electron chi connectivity index (χ0n) is 22.8. The molecule has 208 valence electrons. The molecule has 0 radical (unpaired) electrons. The van der Waals surface area contributed by atoms with E-state index in [1.54, 1.807) is 4.90 Å².